The quantitative estimate of drug-likeness (QED) is 0.616. The molecule has 0 aliphatic heterocycles. The summed E-state index contributed by atoms with van der Waals surface area (Å²) >= 11 is 5.31. The molecule has 0 fully saturated rings. The summed E-state index contributed by atoms with van der Waals surface area (Å²) in [6.45, 7) is 0. The molecule has 1 aromatic heterocycles. The van der Waals surface area contributed by atoms with Gasteiger partial charge in [-0.2, -0.15) is 0 Å². The van der Waals surface area contributed by atoms with Crippen LogP contribution in [0.4, 0.5) is 0 Å². The van der Waals surface area contributed by atoms with Crippen molar-refractivity contribution in [2.45, 2.75) is 18.3 Å². The van der Waals surface area contributed by atoms with Crippen molar-refractivity contribution in [2.75, 3.05) is 5.88 Å². The first-order valence-corrected chi connectivity index (χ1v) is 5.78. The van der Waals surface area contributed by atoms with E-state index < -0.39 is 5.97 Å². The lowest BCUT2D eigenvalue weighted by molar-refractivity contribution is -0.142. The van der Waals surface area contributed by atoms with Crippen LogP contribution < -0.4 is 4.84 Å². The van der Waals surface area contributed by atoms with E-state index in [2.05, 4.69) is 0 Å². The Kier molecular flexibility index (Phi) is 2.13. The van der Waals surface area contributed by atoms with Crippen molar-refractivity contribution in [1.82, 2.24) is 4.73 Å². The van der Waals surface area contributed by atoms with Crippen LogP contribution in [0.5, 0.6) is 11.8 Å². The lowest BCUT2D eigenvalue weighted by Crippen LogP contribution is -2.20. The Morgan fingerprint density at radius 2 is 1.88 bits per heavy atom. The van der Waals surface area contributed by atoms with Gasteiger partial charge in [-0.15, -0.1) is 16.3 Å². The smallest absolute Gasteiger partial charge is 0.347 e. The highest BCUT2D eigenvalue weighted by atomic mass is 35.5. The fraction of sp³-hybridized carbons (Fsp3) is 0.364. The number of aromatic nitrogens is 1. The zero-order chi connectivity index (χ0) is 12.2. The van der Waals surface area contributed by atoms with E-state index in [0.717, 1.165) is 11.2 Å². The van der Waals surface area contributed by atoms with Crippen LogP contribution in [0.2, 0.25) is 0 Å². The molecule has 0 spiro atoms. The number of fused-ring (bicyclic) bond motifs is 5. The van der Waals surface area contributed by atoms with Crippen molar-refractivity contribution in [2.24, 2.45) is 0 Å². The first-order chi connectivity index (χ1) is 8.13. The molecule has 1 heterocycles. The number of rotatable bonds is 2. The number of aromatic hydroxyl groups is 2. The first-order valence-electron chi connectivity index (χ1n) is 5.25. The number of halogens is 1. The minimum Gasteiger partial charge on any atom is -0.492 e. The summed E-state index contributed by atoms with van der Waals surface area (Å²) < 4.78 is 0.752. The molecule has 2 N–H and O–H groups in total. The van der Waals surface area contributed by atoms with Gasteiger partial charge in [0, 0.05) is 23.0 Å². The average molecular weight is 256 g/mol. The van der Waals surface area contributed by atoms with Gasteiger partial charge < -0.3 is 15.1 Å². The highest BCUT2D eigenvalue weighted by molar-refractivity contribution is 6.26. The molecular formula is C11H10ClNO4. The molecule has 2 bridgehead atoms. The third-order valence-electron chi connectivity index (χ3n) is 3.28. The SMILES string of the molecule is O=C(CCl)On1c(O)c2c(c1O)C1C=CC2C1. The number of allylic oxidation sites excluding steroid dienone is 2. The van der Waals surface area contributed by atoms with Gasteiger partial charge in [-0.3, -0.25) is 0 Å². The van der Waals surface area contributed by atoms with Crippen molar-refractivity contribution in [3.63, 3.8) is 0 Å². The Hall–Kier alpha value is -1.62. The van der Waals surface area contributed by atoms with Crippen LogP contribution in [-0.2, 0) is 4.79 Å². The van der Waals surface area contributed by atoms with Gasteiger partial charge in [0.15, 0.2) is 0 Å². The summed E-state index contributed by atoms with van der Waals surface area (Å²) in [4.78, 5) is 15.8. The summed E-state index contributed by atoms with van der Waals surface area (Å²) in [6, 6.07) is 0. The van der Waals surface area contributed by atoms with Crippen LogP contribution in [0.25, 0.3) is 0 Å². The maximum absolute atomic E-state index is 11.1. The Morgan fingerprint density at radius 1 is 1.35 bits per heavy atom. The number of hydrogen-bond acceptors (Lipinski definition) is 4. The lowest BCUT2D eigenvalue weighted by atomic mass is 10.0. The molecule has 6 heteroatoms. The summed E-state index contributed by atoms with van der Waals surface area (Å²) in [6.07, 6.45) is 4.83. The van der Waals surface area contributed by atoms with Gasteiger partial charge in [0.1, 0.15) is 5.88 Å². The number of nitrogens with zero attached hydrogens (tertiary/aromatic N) is 1. The van der Waals surface area contributed by atoms with Crippen molar-refractivity contribution >= 4 is 17.6 Å². The molecule has 0 radical (unpaired) electrons. The Bertz CT molecular complexity index is 499. The van der Waals surface area contributed by atoms with Gasteiger partial charge in [-0.05, 0) is 6.42 Å². The van der Waals surface area contributed by atoms with Crippen molar-refractivity contribution in [1.29, 1.82) is 0 Å². The van der Waals surface area contributed by atoms with E-state index in [4.69, 9.17) is 16.4 Å². The van der Waals surface area contributed by atoms with Crippen LogP contribution in [0.15, 0.2) is 12.2 Å². The van der Waals surface area contributed by atoms with E-state index in [0.29, 0.717) is 11.1 Å². The van der Waals surface area contributed by atoms with Gasteiger partial charge >= 0.3 is 5.97 Å². The maximum Gasteiger partial charge on any atom is 0.347 e. The van der Waals surface area contributed by atoms with E-state index in [1.807, 2.05) is 12.2 Å². The standard InChI is InChI=1S/C11H10ClNO4/c12-4-7(14)17-13-10(15)8-5-1-2-6(3-5)9(8)11(13)16/h1-2,5-6,15-16H,3-4H2. The Morgan fingerprint density at radius 3 is 2.35 bits per heavy atom. The molecule has 0 amide bonds. The molecule has 2 aliphatic rings. The molecule has 0 saturated heterocycles. The summed E-state index contributed by atoms with van der Waals surface area (Å²) in [5, 5.41) is 19.9. The van der Waals surface area contributed by atoms with E-state index in [-0.39, 0.29) is 29.5 Å². The second-order valence-corrected chi connectivity index (χ2v) is 4.47. The lowest BCUT2D eigenvalue weighted by Gasteiger charge is -2.07. The van der Waals surface area contributed by atoms with Gasteiger partial charge in [0.05, 0.1) is 0 Å². The third-order valence-corrected chi connectivity index (χ3v) is 3.50. The zero-order valence-electron chi connectivity index (χ0n) is 8.76. The van der Waals surface area contributed by atoms with Crippen LogP contribution in [0, 0.1) is 0 Å². The molecular weight excluding hydrogens is 246 g/mol. The largest absolute Gasteiger partial charge is 0.492 e. The predicted molar refractivity (Wildman–Crippen MR) is 59.3 cm³/mol. The molecule has 0 saturated carbocycles. The van der Waals surface area contributed by atoms with Crippen LogP contribution >= 0.6 is 11.6 Å². The number of carbonyl (C=O) groups is 1. The predicted octanol–water partition coefficient (Wildman–Crippen LogP) is 1.23. The highest BCUT2D eigenvalue weighted by Crippen LogP contribution is 2.56. The van der Waals surface area contributed by atoms with Crippen molar-refractivity contribution in [3.8, 4) is 11.8 Å². The Balaban J connectivity index is 2.06. The Labute approximate surface area is 102 Å². The molecule has 2 atom stereocenters. The van der Waals surface area contributed by atoms with Crippen LogP contribution in [-0.4, -0.2) is 26.8 Å². The molecule has 2 unspecified atom stereocenters. The maximum atomic E-state index is 11.1. The summed E-state index contributed by atoms with van der Waals surface area (Å²) in [5.41, 5.74) is 1.30. The van der Waals surface area contributed by atoms with Crippen molar-refractivity contribution in [3.05, 3.63) is 23.3 Å². The molecule has 2 aliphatic carbocycles. The number of alkyl halides is 1. The van der Waals surface area contributed by atoms with E-state index in [9.17, 15) is 15.0 Å². The van der Waals surface area contributed by atoms with Gasteiger partial charge in [0.2, 0.25) is 11.8 Å². The molecule has 17 heavy (non-hydrogen) atoms. The summed E-state index contributed by atoms with van der Waals surface area (Å²) in [5.74, 6) is -1.31. The monoisotopic (exact) mass is 255 g/mol. The van der Waals surface area contributed by atoms with E-state index in [1.54, 1.807) is 0 Å². The minimum atomic E-state index is -0.730. The zero-order valence-corrected chi connectivity index (χ0v) is 9.52. The number of carbonyl (C=O) groups excluding carboxylic acids is 1. The summed E-state index contributed by atoms with van der Waals surface area (Å²) in [7, 11) is 0. The van der Waals surface area contributed by atoms with Crippen molar-refractivity contribution < 1.29 is 19.8 Å². The third kappa shape index (κ3) is 1.29. The van der Waals surface area contributed by atoms with Gasteiger partial charge in [-0.1, -0.05) is 12.2 Å². The second-order valence-electron chi connectivity index (χ2n) is 4.20. The van der Waals surface area contributed by atoms with Crippen LogP contribution in [0.3, 0.4) is 0 Å². The van der Waals surface area contributed by atoms with Crippen LogP contribution in [0.1, 0.15) is 29.4 Å². The topological polar surface area (TPSA) is 71.7 Å². The minimum absolute atomic E-state index is 0.0943. The molecule has 1 aromatic rings. The number of hydrogen-bond donors (Lipinski definition) is 2. The molecule has 3 rings (SSSR count). The normalized spacial score (nSPS) is 24.1. The van der Waals surface area contributed by atoms with E-state index in [1.165, 1.54) is 0 Å². The molecule has 5 nitrogen and oxygen atoms in total. The first kappa shape index (κ1) is 10.5. The average Bonchev–Trinajstić information content (AvgIpc) is 2.98. The second kappa shape index (κ2) is 3.43. The van der Waals surface area contributed by atoms with Gasteiger partial charge in [-0.25, -0.2) is 4.79 Å². The van der Waals surface area contributed by atoms with E-state index >= 15 is 0 Å². The molecule has 90 valence electrons. The highest BCUT2D eigenvalue weighted by Gasteiger charge is 2.41. The fourth-order valence-electron chi connectivity index (χ4n) is 2.63. The molecule has 0 aromatic carbocycles. The fourth-order valence-corrected chi connectivity index (χ4v) is 2.68. The van der Waals surface area contributed by atoms with Gasteiger partial charge in [0.25, 0.3) is 0 Å².